The lowest BCUT2D eigenvalue weighted by Gasteiger charge is -2.26. The van der Waals surface area contributed by atoms with E-state index in [9.17, 15) is 4.79 Å². The van der Waals surface area contributed by atoms with Crippen LogP contribution in [-0.4, -0.2) is 25.5 Å². The fourth-order valence-corrected chi connectivity index (χ4v) is 2.20. The number of ether oxygens (including phenoxy) is 2. The Labute approximate surface area is 117 Å². The molecule has 2 aromatic rings. The normalized spacial score (nSPS) is 16.6. The molecule has 0 aliphatic carbocycles. The maximum Gasteiger partial charge on any atom is 0.205 e. The van der Waals surface area contributed by atoms with Crippen LogP contribution in [0, 0.1) is 0 Å². The molecule has 0 bridgehead atoms. The van der Waals surface area contributed by atoms with E-state index >= 15 is 0 Å². The lowest BCUT2D eigenvalue weighted by atomic mass is 10.0. The number of anilines is 1. The molecule has 0 fully saturated rings. The third-order valence-corrected chi connectivity index (χ3v) is 3.30. The molecule has 2 aromatic carbocycles. The van der Waals surface area contributed by atoms with Crippen LogP contribution in [0.5, 0.6) is 11.5 Å². The maximum atomic E-state index is 12.4. The lowest BCUT2D eigenvalue weighted by molar-refractivity contribution is 0.0801. The first kappa shape index (κ1) is 12.5. The van der Waals surface area contributed by atoms with E-state index in [0.29, 0.717) is 17.9 Å². The van der Waals surface area contributed by atoms with Crippen molar-refractivity contribution in [2.24, 2.45) is 0 Å². The highest BCUT2D eigenvalue weighted by molar-refractivity contribution is 6.00. The Morgan fingerprint density at radius 2 is 1.95 bits per heavy atom. The number of carbonyl (C=O) groups excluding carboxylic acids is 1. The summed E-state index contributed by atoms with van der Waals surface area (Å²) in [6.07, 6.45) is -0.502. The highest BCUT2D eigenvalue weighted by Crippen LogP contribution is 2.29. The first-order chi connectivity index (χ1) is 9.78. The number of fused-ring (bicyclic) bond motifs is 1. The molecule has 1 heterocycles. The van der Waals surface area contributed by atoms with Gasteiger partial charge in [-0.05, 0) is 36.4 Å². The second-order valence-corrected chi connectivity index (χ2v) is 4.58. The van der Waals surface area contributed by atoms with E-state index < -0.39 is 6.10 Å². The van der Waals surface area contributed by atoms with Crippen molar-refractivity contribution in [2.75, 3.05) is 19.0 Å². The van der Waals surface area contributed by atoms with Gasteiger partial charge in [-0.1, -0.05) is 12.1 Å². The molecule has 1 atom stereocenters. The van der Waals surface area contributed by atoms with E-state index in [2.05, 4.69) is 5.32 Å². The van der Waals surface area contributed by atoms with E-state index in [-0.39, 0.29) is 5.78 Å². The van der Waals surface area contributed by atoms with E-state index in [1.54, 1.807) is 31.4 Å². The van der Waals surface area contributed by atoms with Crippen molar-refractivity contribution in [3.05, 3.63) is 54.1 Å². The number of hydrogen-bond donors (Lipinski definition) is 1. The molecule has 3 rings (SSSR count). The summed E-state index contributed by atoms with van der Waals surface area (Å²) in [5, 5.41) is 3.22. The number of Topliss-reactive ketones (excluding diaryl/α,β-unsaturated/α-hetero) is 1. The van der Waals surface area contributed by atoms with Crippen molar-refractivity contribution in [1.29, 1.82) is 0 Å². The van der Waals surface area contributed by atoms with Gasteiger partial charge < -0.3 is 14.8 Å². The molecule has 0 saturated heterocycles. The van der Waals surface area contributed by atoms with Gasteiger partial charge in [0.25, 0.3) is 0 Å². The summed E-state index contributed by atoms with van der Waals surface area (Å²) in [5.74, 6) is 1.41. The van der Waals surface area contributed by atoms with Crippen molar-refractivity contribution >= 4 is 11.5 Å². The third-order valence-electron chi connectivity index (χ3n) is 3.30. The quantitative estimate of drug-likeness (QED) is 0.870. The van der Waals surface area contributed by atoms with Crippen molar-refractivity contribution in [3.8, 4) is 11.5 Å². The first-order valence-corrected chi connectivity index (χ1v) is 6.46. The molecule has 1 aliphatic rings. The zero-order chi connectivity index (χ0) is 13.9. The standard InChI is InChI=1S/C16H15NO3/c1-19-12-8-6-11(7-9-12)16(18)15-10-17-13-4-2-3-5-14(13)20-15/h2-9,15,17H,10H2,1H3. The predicted octanol–water partition coefficient (Wildman–Crippen LogP) is 2.75. The molecule has 0 radical (unpaired) electrons. The van der Waals surface area contributed by atoms with Crippen LogP contribution in [0.1, 0.15) is 10.4 Å². The van der Waals surface area contributed by atoms with Gasteiger partial charge in [0.2, 0.25) is 5.78 Å². The van der Waals surface area contributed by atoms with Gasteiger partial charge in [-0.25, -0.2) is 0 Å². The van der Waals surface area contributed by atoms with Gasteiger partial charge in [0.1, 0.15) is 11.5 Å². The van der Waals surface area contributed by atoms with Crippen molar-refractivity contribution in [1.82, 2.24) is 0 Å². The minimum atomic E-state index is -0.502. The molecule has 1 unspecified atom stereocenters. The number of para-hydroxylation sites is 2. The van der Waals surface area contributed by atoms with Gasteiger partial charge in [0, 0.05) is 5.56 Å². The summed E-state index contributed by atoms with van der Waals surface area (Å²) in [6, 6.07) is 14.7. The lowest BCUT2D eigenvalue weighted by Crippen LogP contribution is -2.37. The van der Waals surface area contributed by atoms with Crippen LogP contribution in [0.4, 0.5) is 5.69 Å². The van der Waals surface area contributed by atoms with E-state index in [1.807, 2.05) is 24.3 Å². The Bertz CT molecular complexity index is 622. The smallest absolute Gasteiger partial charge is 0.205 e. The molecule has 20 heavy (non-hydrogen) atoms. The Kier molecular flexibility index (Phi) is 3.29. The molecular formula is C16H15NO3. The zero-order valence-corrected chi connectivity index (χ0v) is 11.1. The number of hydrogen-bond acceptors (Lipinski definition) is 4. The van der Waals surface area contributed by atoms with Crippen molar-refractivity contribution in [3.63, 3.8) is 0 Å². The second kappa shape index (κ2) is 5.25. The van der Waals surface area contributed by atoms with Crippen molar-refractivity contribution < 1.29 is 14.3 Å². The fraction of sp³-hybridized carbons (Fsp3) is 0.188. The molecule has 4 heteroatoms. The summed E-state index contributed by atoms with van der Waals surface area (Å²) < 4.78 is 10.8. The van der Waals surface area contributed by atoms with Gasteiger partial charge in [-0.2, -0.15) is 0 Å². The fourth-order valence-electron chi connectivity index (χ4n) is 2.20. The predicted molar refractivity (Wildman–Crippen MR) is 76.7 cm³/mol. The van der Waals surface area contributed by atoms with Gasteiger partial charge >= 0.3 is 0 Å². The average molecular weight is 269 g/mol. The molecule has 0 spiro atoms. The summed E-state index contributed by atoms with van der Waals surface area (Å²) in [5.41, 5.74) is 1.54. The molecular weight excluding hydrogens is 254 g/mol. The third kappa shape index (κ3) is 2.32. The summed E-state index contributed by atoms with van der Waals surface area (Å²) in [6.45, 7) is 0.474. The number of benzene rings is 2. The van der Waals surface area contributed by atoms with Crippen LogP contribution < -0.4 is 14.8 Å². The number of carbonyl (C=O) groups is 1. The minimum absolute atomic E-state index is 0.0327. The van der Waals surface area contributed by atoms with E-state index in [0.717, 1.165) is 11.4 Å². The van der Waals surface area contributed by atoms with Crippen molar-refractivity contribution in [2.45, 2.75) is 6.10 Å². The SMILES string of the molecule is COc1ccc(C(=O)C2CNc3ccccc3O2)cc1. The van der Waals surface area contributed by atoms with Crippen LogP contribution in [0.15, 0.2) is 48.5 Å². The Morgan fingerprint density at radius 1 is 1.20 bits per heavy atom. The molecule has 1 aliphatic heterocycles. The Morgan fingerprint density at radius 3 is 2.70 bits per heavy atom. The largest absolute Gasteiger partial charge is 0.497 e. The van der Waals surface area contributed by atoms with Gasteiger partial charge in [-0.15, -0.1) is 0 Å². The van der Waals surface area contributed by atoms with Gasteiger partial charge in [0.15, 0.2) is 6.10 Å². The number of nitrogens with one attached hydrogen (secondary N) is 1. The van der Waals surface area contributed by atoms with Gasteiger partial charge in [0.05, 0.1) is 19.3 Å². The van der Waals surface area contributed by atoms with Gasteiger partial charge in [-0.3, -0.25) is 4.79 Å². The topological polar surface area (TPSA) is 47.6 Å². The van der Waals surface area contributed by atoms with E-state index in [4.69, 9.17) is 9.47 Å². The monoisotopic (exact) mass is 269 g/mol. The second-order valence-electron chi connectivity index (χ2n) is 4.58. The number of rotatable bonds is 3. The molecule has 102 valence electrons. The molecule has 4 nitrogen and oxygen atoms in total. The Balaban J connectivity index is 1.78. The van der Waals surface area contributed by atoms with Crippen LogP contribution in [0.25, 0.3) is 0 Å². The van der Waals surface area contributed by atoms with Crippen LogP contribution in [0.3, 0.4) is 0 Å². The Hall–Kier alpha value is -2.49. The van der Waals surface area contributed by atoms with Crippen LogP contribution >= 0.6 is 0 Å². The highest BCUT2D eigenvalue weighted by atomic mass is 16.5. The summed E-state index contributed by atoms with van der Waals surface area (Å²) in [4.78, 5) is 12.4. The van der Waals surface area contributed by atoms with Crippen LogP contribution in [0.2, 0.25) is 0 Å². The molecule has 1 N–H and O–H groups in total. The molecule has 0 aromatic heterocycles. The van der Waals surface area contributed by atoms with E-state index in [1.165, 1.54) is 0 Å². The number of methoxy groups -OCH3 is 1. The molecule has 0 saturated carbocycles. The maximum absolute atomic E-state index is 12.4. The minimum Gasteiger partial charge on any atom is -0.497 e. The van der Waals surface area contributed by atoms with Crippen LogP contribution in [-0.2, 0) is 0 Å². The summed E-state index contributed by atoms with van der Waals surface area (Å²) >= 11 is 0. The first-order valence-electron chi connectivity index (χ1n) is 6.46. The highest BCUT2D eigenvalue weighted by Gasteiger charge is 2.26. The molecule has 0 amide bonds. The average Bonchev–Trinajstić information content (AvgIpc) is 2.54. The number of ketones is 1. The summed E-state index contributed by atoms with van der Waals surface area (Å²) in [7, 11) is 1.60. The zero-order valence-electron chi connectivity index (χ0n) is 11.1.